The molecule has 0 bridgehead atoms. The first-order chi connectivity index (χ1) is 13.6. The number of nitrogens with zero attached hydrogens (tertiary/aromatic N) is 1. The van der Waals surface area contributed by atoms with Crippen LogP contribution >= 0.6 is 0 Å². The third kappa shape index (κ3) is 4.11. The molecule has 1 atom stereocenters. The molecule has 2 aromatic carbocycles. The maximum absolute atomic E-state index is 12.7. The number of anilines is 1. The molecule has 6 nitrogen and oxygen atoms in total. The largest absolute Gasteiger partial charge is 0.493 e. The highest BCUT2D eigenvalue weighted by atomic mass is 16.5. The molecule has 28 heavy (non-hydrogen) atoms. The lowest BCUT2D eigenvalue weighted by Gasteiger charge is -2.20. The molecule has 0 spiro atoms. The fourth-order valence-electron chi connectivity index (χ4n) is 3.45. The lowest BCUT2D eigenvalue weighted by Crippen LogP contribution is -2.28. The summed E-state index contributed by atoms with van der Waals surface area (Å²) in [5.41, 5.74) is 2.35. The van der Waals surface area contributed by atoms with Crippen LogP contribution in [0.25, 0.3) is 0 Å². The van der Waals surface area contributed by atoms with Crippen molar-refractivity contribution in [2.24, 2.45) is 0 Å². The van der Waals surface area contributed by atoms with Crippen LogP contribution in [0, 0.1) is 0 Å². The van der Waals surface area contributed by atoms with Crippen molar-refractivity contribution in [3.05, 3.63) is 53.6 Å². The average molecular weight is 382 g/mol. The number of rotatable bonds is 7. The van der Waals surface area contributed by atoms with Gasteiger partial charge in [0.1, 0.15) is 0 Å². The molecule has 2 amide bonds. The Labute approximate surface area is 165 Å². The first-order valence-electron chi connectivity index (χ1n) is 9.50. The third-order valence-corrected chi connectivity index (χ3v) is 5.04. The minimum atomic E-state index is -0.152. The van der Waals surface area contributed by atoms with Gasteiger partial charge in [-0.2, -0.15) is 0 Å². The first-order valence-corrected chi connectivity index (χ1v) is 9.50. The van der Waals surface area contributed by atoms with Gasteiger partial charge in [-0.25, -0.2) is 0 Å². The Morgan fingerprint density at radius 1 is 1.11 bits per heavy atom. The zero-order chi connectivity index (χ0) is 20.1. The van der Waals surface area contributed by atoms with Gasteiger partial charge in [-0.1, -0.05) is 13.0 Å². The Hall–Kier alpha value is -3.02. The highest BCUT2D eigenvalue weighted by molar-refractivity contribution is 5.97. The Morgan fingerprint density at radius 2 is 1.82 bits per heavy atom. The molecular weight excluding hydrogens is 356 g/mol. The number of ether oxygens (including phenoxy) is 2. The number of hydrogen-bond acceptors (Lipinski definition) is 4. The molecule has 1 N–H and O–H groups in total. The van der Waals surface area contributed by atoms with E-state index in [1.807, 2.05) is 37.3 Å². The summed E-state index contributed by atoms with van der Waals surface area (Å²) in [4.78, 5) is 26.3. The van der Waals surface area contributed by atoms with Crippen molar-refractivity contribution >= 4 is 17.5 Å². The van der Waals surface area contributed by atoms with Crippen molar-refractivity contribution in [1.82, 2.24) is 5.32 Å². The summed E-state index contributed by atoms with van der Waals surface area (Å²) in [6.45, 7) is 2.76. The number of nitrogens with one attached hydrogen (secondary N) is 1. The molecule has 0 aromatic heterocycles. The highest BCUT2D eigenvalue weighted by Gasteiger charge is 2.22. The van der Waals surface area contributed by atoms with Crippen LogP contribution in [0.3, 0.4) is 0 Å². The van der Waals surface area contributed by atoms with E-state index >= 15 is 0 Å². The maximum Gasteiger partial charge on any atom is 0.251 e. The molecular formula is C22H26N2O4. The molecule has 1 aliphatic rings. The predicted molar refractivity (Wildman–Crippen MR) is 108 cm³/mol. The van der Waals surface area contributed by atoms with Gasteiger partial charge in [-0.05, 0) is 54.8 Å². The van der Waals surface area contributed by atoms with E-state index in [1.54, 1.807) is 31.3 Å². The van der Waals surface area contributed by atoms with E-state index in [9.17, 15) is 9.59 Å². The summed E-state index contributed by atoms with van der Waals surface area (Å²) in [5, 5.41) is 3.07. The van der Waals surface area contributed by atoms with E-state index in [-0.39, 0.29) is 17.9 Å². The molecule has 0 unspecified atom stereocenters. The van der Waals surface area contributed by atoms with Gasteiger partial charge < -0.3 is 19.7 Å². The second-order valence-corrected chi connectivity index (χ2v) is 6.74. The third-order valence-electron chi connectivity index (χ3n) is 5.04. The van der Waals surface area contributed by atoms with Crippen LogP contribution in [-0.4, -0.2) is 32.6 Å². The molecule has 0 aliphatic carbocycles. The van der Waals surface area contributed by atoms with Crippen LogP contribution in [0.5, 0.6) is 11.5 Å². The summed E-state index contributed by atoms with van der Waals surface area (Å²) in [5.74, 6) is 1.27. The Balaban J connectivity index is 1.72. The van der Waals surface area contributed by atoms with Crippen LogP contribution < -0.4 is 19.7 Å². The smallest absolute Gasteiger partial charge is 0.251 e. The summed E-state index contributed by atoms with van der Waals surface area (Å²) in [6, 6.07) is 12.7. The van der Waals surface area contributed by atoms with Crippen molar-refractivity contribution in [3.63, 3.8) is 0 Å². The number of amides is 2. The number of carbonyl (C=O) groups excluding carboxylic acids is 2. The maximum atomic E-state index is 12.7. The van der Waals surface area contributed by atoms with Gasteiger partial charge in [-0.15, -0.1) is 0 Å². The zero-order valence-electron chi connectivity index (χ0n) is 16.5. The second-order valence-electron chi connectivity index (χ2n) is 6.74. The van der Waals surface area contributed by atoms with Crippen LogP contribution in [-0.2, 0) is 4.79 Å². The van der Waals surface area contributed by atoms with Gasteiger partial charge in [0.15, 0.2) is 11.5 Å². The SMILES string of the molecule is CC[C@H](NC(=O)c1ccc(N2CCCC2=O)cc1)c1ccc(OC)c(OC)c1. The Morgan fingerprint density at radius 3 is 2.39 bits per heavy atom. The minimum Gasteiger partial charge on any atom is -0.493 e. The van der Waals surface area contributed by atoms with E-state index in [1.165, 1.54) is 0 Å². The molecule has 148 valence electrons. The monoisotopic (exact) mass is 382 g/mol. The summed E-state index contributed by atoms with van der Waals surface area (Å²) < 4.78 is 10.6. The van der Waals surface area contributed by atoms with Crippen molar-refractivity contribution in [1.29, 1.82) is 0 Å². The van der Waals surface area contributed by atoms with Crippen LogP contribution in [0.15, 0.2) is 42.5 Å². The highest BCUT2D eigenvalue weighted by Crippen LogP contribution is 2.31. The molecule has 2 aromatic rings. The van der Waals surface area contributed by atoms with Gasteiger partial charge in [0.2, 0.25) is 5.91 Å². The van der Waals surface area contributed by atoms with E-state index < -0.39 is 0 Å². The van der Waals surface area contributed by atoms with Crippen LogP contribution in [0.2, 0.25) is 0 Å². The normalized spacial score (nSPS) is 14.7. The molecule has 1 fully saturated rings. The van der Waals surface area contributed by atoms with E-state index in [4.69, 9.17) is 9.47 Å². The minimum absolute atomic E-state index is 0.136. The number of hydrogen-bond donors (Lipinski definition) is 1. The number of carbonyl (C=O) groups is 2. The number of methoxy groups -OCH3 is 2. The zero-order valence-corrected chi connectivity index (χ0v) is 16.5. The quantitative estimate of drug-likeness (QED) is 0.793. The fraction of sp³-hybridized carbons (Fsp3) is 0.364. The van der Waals surface area contributed by atoms with Crippen molar-refractivity contribution in [2.75, 3.05) is 25.7 Å². The summed E-state index contributed by atoms with van der Waals surface area (Å²) in [7, 11) is 3.18. The summed E-state index contributed by atoms with van der Waals surface area (Å²) in [6.07, 6.45) is 2.21. The van der Waals surface area contributed by atoms with E-state index in [2.05, 4.69) is 5.32 Å². The van der Waals surface area contributed by atoms with E-state index in [0.29, 0.717) is 23.5 Å². The van der Waals surface area contributed by atoms with Crippen molar-refractivity contribution in [3.8, 4) is 11.5 Å². The van der Waals surface area contributed by atoms with Crippen molar-refractivity contribution < 1.29 is 19.1 Å². The van der Waals surface area contributed by atoms with Crippen LogP contribution in [0.4, 0.5) is 5.69 Å². The van der Waals surface area contributed by atoms with Gasteiger partial charge in [0.25, 0.3) is 5.91 Å². The predicted octanol–water partition coefficient (Wildman–Crippen LogP) is 3.71. The summed E-state index contributed by atoms with van der Waals surface area (Å²) >= 11 is 0. The fourth-order valence-corrected chi connectivity index (χ4v) is 3.45. The molecule has 6 heteroatoms. The standard InChI is InChI=1S/C22H26N2O4/c1-4-18(16-9-12-19(27-2)20(14-16)28-3)23-22(26)15-7-10-17(11-8-15)24-13-5-6-21(24)25/h7-12,14,18H,4-6,13H2,1-3H3,(H,23,26)/t18-/m0/s1. The average Bonchev–Trinajstić information content (AvgIpc) is 3.17. The topological polar surface area (TPSA) is 67.9 Å². The number of benzene rings is 2. The van der Waals surface area contributed by atoms with Crippen molar-refractivity contribution in [2.45, 2.75) is 32.2 Å². The lowest BCUT2D eigenvalue weighted by atomic mass is 10.0. The van der Waals surface area contributed by atoms with Crippen LogP contribution in [0.1, 0.15) is 48.1 Å². The molecule has 1 saturated heterocycles. The molecule has 0 radical (unpaired) electrons. The van der Waals surface area contributed by atoms with Gasteiger partial charge >= 0.3 is 0 Å². The second kappa shape index (κ2) is 8.78. The molecule has 0 saturated carbocycles. The van der Waals surface area contributed by atoms with Gasteiger partial charge in [-0.3, -0.25) is 9.59 Å². The Bertz CT molecular complexity index is 848. The molecule has 1 heterocycles. The lowest BCUT2D eigenvalue weighted by molar-refractivity contribution is -0.117. The molecule has 3 rings (SSSR count). The first kappa shape index (κ1) is 19.7. The molecule has 1 aliphatic heterocycles. The van der Waals surface area contributed by atoms with E-state index in [0.717, 1.165) is 30.6 Å². The Kier molecular flexibility index (Phi) is 6.19. The van der Waals surface area contributed by atoms with Gasteiger partial charge in [0, 0.05) is 24.2 Å². The van der Waals surface area contributed by atoms with Gasteiger partial charge in [0.05, 0.1) is 20.3 Å².